The fraction of sp³-hybridized carbons (Fsp3) is 0.467. The normalized spacial score (nSPS) is 17.1. The summed E-state index contributed by atoms with van der Waals surface area (Å²) in [4.78, 5) is 16.0. The molecule has 0 spiro atoms. The van der Waals surface area contributed by atoms with Crippen molar-refractivity contribution in [2.24, 2.45) is 0 Å². The van der Waals surface area contributed by atoms with E-state index in [4.69, 9.17) is 27.9 Å². The van der Waals surface area contributed by atoms with Crippen LogP contribution in [0.5, 0.6) is 5.75 Å². The Morgan fingerprint density at radius 1 is 1.00 bits per heavy atom. The molecule has 46 heavy (non-hydrogen) atoms. The number of para-hydroxylation sites is 1. The van der Waals surface area contributed by atoms with Crippen molar-refractivity contribution >= 4 is 80.2 Å². The van der Waals surface area contributed by atoms with E-state index < -0.39 is 22.4 Å². The molecule has 0 aliphatic carbocycles. The molecule has 0 atom stereocenters. The minimum absolute atomic E-state index is 0.186. The number of alkyl halides is 1. The SMILES string of the molecule is COc1cc(N2CCC(N3CCN(C)CC3)CC2)c(NS(=O)(=O)CCl)cc1Nc1ncc(Cl)c(Nc2ccccc2P(C)(C)=O)n1. The van der Waals surface area contributed by atoms with Crippen molar-refractivity contribution in [1.82, 2.24) is 19.8 Å². The van der Waals surface area contributed by atoms with Gasteiger partial charge in [-0.25, -0.2) is 13.4 Å². The van der Waals surface area contributed by atoms with E-state index in [0.29, 0.717) is 45.7 Å². The summed E-state index contributed by atoms with van der Waals surface area (Å²) in [6.07, 6.45) is 3.38. The lowest BCUT2D eigenvalue weighted by Crippen LogP contribution is -2.52. The molecule has 0 unspecified atom stereocenters. The largest absolute Gasteiger partial charge is 0.494 e. The second kappa shape index (κ2) is 14.5. The molecule has 250 valence electrons. The summed E-state index contributed by atoms with van der Waals surface area (Å²) >= 11 is 12.2. The van der Waals surface area contributed by atoms with Gasteiger partial charge in [-0.15, -0.1) is 11.6 Å². The number of halogens is 2. The number of nitrogens with one attached hydrogen (secondary N) is 3. The zero-order chi connectivity index (χ0) is 33.1. The van der Waals surface area contributed by atoms with Crippen LogP contribution >= 0.6 is 30.3 Å². The molecule has 2 aromatic carbocycles. The quantitative estimate of drug-likeness (QED) is 0.183. The number of sulfonamides is 1. The molecule has 2 fully saturated rings. The van der Waals surface area contributed by atoms with Crippen molar-refractivity contribution in [1.29, 1.82) is 0 Å². The highest BCUT2D eigenvalue weighted by Crippen LogP contribution is 2.41. The van der Waals surface area contributed by atoms with Crippen LogP contribution < -0.4 is 30.3 Å². The van der Waals surface area contributed by atoms with E-state index in [0.717, 1.165) is 52.1 Å². The summed E-state index contributed by atoms with van der Waals surface area (Å²) in [5.41, 5.74) is 2.13. The van der Waals surface area contributed by atoms with Crippen LogP contribution in [0.1, 0.15) is 12.8 Å². The van der Waals surface area contributed by atoms with Crippen LogP contribution in [0.15, 0.2) is 42.6 Å². The van der Waals surface area contributed by atoms with Gasteiger partial charge < -0.3 is 29.7 Å². The fourth-order valence-corrected chi connectivity index (χ4v) is 7.86. The molecule has 1 aromatic heterocycles. The second-order valence-corrected chi connectivity index (χ2v) is 17.9. The van der Waals surface area contributed by atoms with Crippen LogP contribution in [0.4, 0.5) is 34.5 Å². The third kappa shape index (κ3) is 8.37. The molecule has 2 saturated heterocycles. The first-order valence-electron chi connectivity index (χ1n) is 15.0. The van der Waals surface area contributed by atoms with Crippen LogP contribution in [0.3, 0.4) is 0 Å². The third-order valence-corrected chi connectivity index (χ3v) is 11.8. The minimum Gasteiger partial charge on any atom is -0.494 e. The maximum Gasteiger partial charge on any atom is 0.246 e. The molecule has 3 N–H and O–H groups in total. The molecule has 12 nitrogen and oxygen atoms in total. The predicted octanol–water partition coefficient (Wildman–Crippen LogP) is 5.03. The van der Waals surface area contributed by atoms with Crippen LogP contribution in [0.25, 0.3) is 0 Å². The number of hydrogen-bond donors (Lipinski definition) is 3. The van der Waals surface area contributed by atoms with Crippen molar-refractivity contribution in [3.63, 3.8) is 0 Å². The Labute approximate surface area is 281 Å². The number of nitrogens with zero attached hydrogens (tertiary/aromatic N) is 5. The minimum atomic E-state index is -3.81. The number of piperidine rings is 1. The first kappa shape index (κ1) is 34.5. The van der Waals surface area contributed by atoms with E-state index in [2.05, 4.69) is 47.1 Å². The molecule has 5 rings (SSSR count). The van der Waals surface area contributed by atoms with Gasteiger partial charge >= 0.3 is 0 Å². The fourth-order valence-electron chi connectivity index (χ4n) is 5.84. The summed E-state index contributed by atoms with van der Waals surface area (Å²) in [6.45, 7) is 9.18. The average molecular weight is 712 g/mol. The number of rotatable bonds is 11. The maximum atomic E-state index is 12.9. The molecule has 3 heterocycles. The second-order valence-electron chi connectivity index (χ2n) is 12.0. The first-order valence-corrected chi connectivity index (χ1v) is 20.2. The number of ether oxygens (including phenoxy) is 1. The summed E-state index contributed by atoms with van der Waals surface area (Å²) < 4.78 is 46.6. The lowest BCUT2D eigenvalue weighted by atomic mass is 10.0. The van der Waals surface area contributed by atoms with E-state index in [1.165, 1.54) is 6.20 Å². The van der Waals surface area contributed by atoms with Crippen LogP contribution in [0, 0.1) is 0 Å². The number of aromatic nitrogens is 2. The lowest BCUT2D eigenvalue weighted by molar-refractivity contribution is 0.0982. The molecular weight excluding hydrogens is 670 g/mol. The highest BCUT2D eigenvalue weighted by Gasteiger charge is 2.29. The summed E-state index contributed by atoms with van der Waals surface area (Å²) in [6, 6.07) is 11.3. The van der Waals surface area contributed by atoms with Gasteiger partial charge in [-0.2, -0.15) is 4.98 Å². The Kier molecular flexibility index (Phi) is 10.9. The molecule has 0 bridgehead atoms. The number of anilines is 6. The van der Waals surface area contributed by atoms with Gasteiger partial charge in [-0.3, -0.25) is 9.62 Å². The number of methoxy groups -OCH3 is 1. The molecule has 16 heteroatoms. The van der Waals surface area contributed by atoms with Crippen molar-refractivity contribution in [2.45, 2.75) is 18.9 Å². The zero-order valence-corrected chi connectivity index (χ0v) is 29.7. The predicted molar refractivity (Wildman–Crippen MR) is 190 cm³/mol. The zero-order valence-electron chi connectivity index (χ0n) is 26.5. The standard InChI is InChI=1S/C30H41Cl2N8O4PS/c1-38-13-15-39(16-14-38)21-9-11-40(12-10-21)26-18-27(44-2)25(17-24(26)37-46(42,43)20-31)35-30-33-19-22(32)29(36-30)34-23-7-5-6-8-28(23)45(3,4)41/h5-8,17-19,21,37H,9-16,20H2,1-4H3,(H2,33,34,35,36). The van der Waals surface area contributed by atoms with Crippen LogP contribution in [0.2, 0.25) is 5.02 Å². The first-order chi connectivity index (χ1) is 21.9. The van der Waals surface area contributed by atoms with Gasteiger partial charge in [0.25, 0.3) is 0 Å². The number of piperazine rings is 1. The van der Waals surface area contributed by atoms with Gasteiger partial charge in [0.2, 0.25) is 16.0 Å². The van der Waals surface area contributed by atoms with Crippen LogP contribution in [-0.2, 0) is 14.6 Å². The number of benzene rings is 2. The average Bonchev–Trinajstić information content (AvgIpc) is 3.03. The van der Waals surface area contributed by atoms with E-state index >= 15 is 0 Å². The van der Waals surface area contributed by atoms with Gasteiger partial charge in [-0.1, -0.05) is 23.7 Å². The molecule has 0 saturated carbocycles. The summed E-state index contributed by atoms with van der Waals surface area (Å²) in [5.74, 6) is 0.967. The Morgan fingerprint density at radius 3 is 2.35 bits per heavy atom. The van der Waals surface area contributed by atoms with Gasteiger partial charge in [0.1, 0.15) is 23.1 Å². The Bertz CT molecular complexity index is 1690. The van der Waals surface area contributed by atoms with Crippen LogP contribution in [-0.4, -0.2) is 106 Å². The van der Waals surface area contributed by atoms with Gasteiger partial charge in [-0.05, 0) is 51.4 Å². The monoisotopic (exact) mass is 710 g/mol. The van der Waals surface area contributed by atoms with Crippen molar-refractivity contribution in [3.8, 4) is 5.75 Å². The maximum absolute atomic E-state index is 12.9. The van der Waals surface area contributed by atoms with Crippen molar-refractivity contribution in [2.75, 3.05) is 92.2 Å². The molecule has 0 amide bonds. The highest BCUT2D eigenvalue weighted by molar-refractivity contribution is 7.93. The Morgan fingerprint density at radius 2 is 1.70 bits per heavy atom. The van der Waals surface area contributed by atoms with Gasteiger partial charge in [0.15, 0.2) is 5.82 Å². The topological polar surface area (TPSA) is 132 Å². The molecule has 3 aromatic rings. The molecule has 0 radical (unpaired) electrons. The Balaban J connectivity index is 1.42. The third-order valence-electron chi connectivity index (χ3n) is 8.31. The molecule has 2 aliphatic rings. The molecule has 2 aliphatic heterocycles. The van der Waals surface area contributed by atoms with Gasteiger partial charge in [0, 0.05) is 56.7 Å². The van der Waals surface area contributed by atoms with Crippen molar-refractivity contribution < 1.29 is 17.7 Å². The summed E-state index contributed by atoms with van der Waals surface area (Å²) in [5, 5.41) is 6.68. The summed E-state index contributed by atoms with van der Waals surface area (Å²) in [7, 11) is -2.71. The van der Waals surface area contributed by atoms with E-state index in [9.17, 15) is 13.0 Å². The number of hydrogen-bond acceptors (Lipinski definition) is 11. The van der Waals surface area contributed by atoms with E-state index in [1.807, 2.05) is 30.3 Å². The van der Waals surface area contributed by atoms with Crippen molar-refractivity contribution in [3.05, 3.63) is 47.6 Å². The van der Waals surface area contributed by atoms with Gasteiger partial charge in [0.05, 0.1) is 36.1 Å². The van der Waals surface area contributed by atoms with E-state index in [1.54, 1.807) is 26.5 Å². The highest BCUT2D eigenvalue weighted by atomic mass is 35.5. The smallest absolute Gasteiger partial charge is 0.246 e. The number of likely N-dealkylation sites (N-methyl/N-ethyl adjacent to an activating group) is 1. The lowest BCUT2D eigenvalue weighted by Gasteiger charge is -2.43. The van der Waals surface area contributed by atoms with E-state index in [-0.39, 0.29) is 11.0 Å². The Hall–Kier alpha value is -2.80. The molecular formula is C30H41Cl2N8O4PS.